The minimum atomic E-state index is -0.878. The minimum Gasteiger partial charge on any atom is -0.481 e. The van der Waals surface area contributed by atoms with Crippen LogP contribution in [-0.2, 0) is 66.4 Å². The van der Waals surface area contributed by atoms with Crippen molar-refractivity contribution in [2.75, 3.05) is 145 Å². The first-order valence-electron chi connectivity index (χ1n) is 15.1. The van der Waals surface area contributed by atoms with E-state index in [0.717, 1.165) is 0 Å². The van der Waals surface area contributed by atoms with E-state index in [1.165, 1.54) is 0 Å². The largest absolute Gasteiger partial charge is 0.481 e. The maximum Gasteiger partial charge on any atom is 0.332 e. The average Bonchev–Trinajstić information content (AvgIpc) is 2.96. The maximum absolute atomic E-state index is 11.5. The molecule has 0 rings (SSSR count). The molecule has 0 fully saturated rings. The van der Waals surface area contributed by atoms with E-state index in [9.17, 15) is 9.59 Å². The Hall–Kier alpha value is -1.50. The van der Waals surface area contributed by atoms with Crippen molar-refractivity contribution in [2.45, 2.75) is 32.8 Å². The van der Waals surface area contributed by atoms with Crippen molar-refractivity contribution >= 4 is 11.9 Å². The van der Waals surface area contributed by atoms with Gasteiger partial charge in [-0.2, -0.15) is 0 Å². The lowest BCUT2D eigenvalue weighted by Gasteiger charge is -2.19. The fourth-order valence-electron chi connectivity index (χ4n) is 2.89. The third kappa shape index (κ3) is 38.5. The minimum absolute atomic E-state index is 0.00579. The molecule has 15 nitrogen and oxygen atoms in total. The third-order valence-corrected chi connectivity index (χ3v) is 4.82. The number of ether oxygens (including phenoxy) is 12. The van der Waals surface area contributed by atoms with E-state index < -0.39 is 17.5 Å². The number of aliphatic carboxylic acids is 1. The molecular formula is C29H56O15. The molecular weight excluding hydrogens is 588 g/mol. The second-order valence-electron chi connectivity index (χ2n) is 9.91. The van der Waals surface area contributed by atoms with Crippen LogP contribution in [0, 0.1) is 0 Å². The van der Waals surface area contributed by atoms with Gasteiger partial charge in [-0.15, -0.1) is 0 Å². The Morgan fingerprint density at radius 2 is 0.636 bits per heavy atom. The van der Waals surface area contributed by atoms with Gasteiger partial charge in [-0.05, 0) is 20.8 Å². The van der Waals surface area contributed by atoms with E-state index in [0.29, 0.717) is 132 Å². The second kappa shape index (κ2) is 32.9. The smallest absolute Gasteiger partial charge is 0.332 e. The molecule has 0 aromatic heterocycles. The molecule has 0 amide bonds. The molecule has 0 aromatic carbocycles. The molecule has 15 heteroatoms. The summed E-state index contributed by atoms with van der Waals surface area (Å²) in [4.78, 5) is 21.8. The Labute approximate surface area is 261 Å². The van der Waals surface area contributed by atoms with Crippen molar-refractivity contribution < 1.29 is 71.5 Å². The Kier molecular flexibility index (Phi) is 31.8. The van der Waals surface area contributed by atoms with E-state index in [2.05, 4.69) is 0 Å². The van der Waals surface area contributed by atoms with Crippen LogP contribution in [0.15, 0.2) is 0 Å². The summed E-state index contributed by atoms with van der Waals surface area (Å²) in [6.07, 6.45) is -0.00579. The molecule has 0 heterocycles. The zero-order chi connectivity index (χ0) is 32.4. The van der Waals surface area contributed by atoms with Crippen LogP contribution in [0.3, 0.4) is 0 Å². The predicted molar refractivity (Wildman–Crippen MR) is 157 cm³/mol. The fourth-order valence-corrected chi connectivity index (χ4v) is 2.89. The van der Waals surface area contributed by atoms with Crippen molar-refractivity contribution in [1.82, 2.24) is 0 Å². The van der Waals surface area contributed by atoms with E-state index >= 15 is 0 Å². The first kappa shape index (κ1) is 42.5. The monoisotopic (exact) mass is 644 g/mol. The number of carbonyl (C=O) groups excluding carboxylic acids is 1. The molecule has 262 valence electrons. The van der Waals surface area contributed by atoms with Crippen LogP contribution in [0.1, 0.15) is 27.2 Å². The van der Waals surface area contributed by atoms with E-state index in [1.54, 1.807) is 0 Å². The van der Waals surface area contributed by atoms with Gasteiger partial charge in [0, 0.05) is 0 Å². The van der Waals surface area contributed by atoms with Crippen molar-refractivity contribution in [3.05, 3.63) is 0 Å². The molecule has 44 heavy (non-hydrogen) atoms. The van der Waals surface area contributed by atoms with Crippen LogP contribution < -0.4 is 0 Å². The van der Waals surface area contributed by atoms with Crippen LogP contribution >= 0.6 is 0 Å². The number of rotatable bonds is 35. The van der Waals surface area contributed by atoms with Gasteiger partial charge in [0.1, 0.15) is 12.2 Å². The van der Waals surface area contributed by atoms with Gasteiger partial charge in [-0.25, -0.2) is 4.79 Å². The van der Waals surface area contributed by atoms with E-state index in [-0.39, 0.29) is 19.6 Å². The van der Waals surface area contributed by atoms with Gasteiger partial charge in [0.15, 0.2) is 0 Å². The quantitative estimate of drug-likeness (QED) is 0.0766. The number of carboxylic acid groups (broad SMARTS) is 1. The third-order valence-electron chi connectivity index (χ3n) is 4.82. The average molecular weight is 645 g/mol. The van der Waals surface area contributed by atoms with Crippen molar-refractivity contribution in [2.24, 2.45) is 0 Å². The molecule has 0 saturated heterocycles. The topological polar surface area (TPSA) is 165 Å². The molecule has 1 N–H and O–H groups in total. The van der Waals surface area contributed by atoms with Gasteiger partial charge in [0.05, 0.1) is 145 Å². The Morgan fingerprint density at radius 1 is 0.409 bits per heavy atom. The standard InChI is InChI=1S/C29H56O15/c1-29(2,3)44-28(32)26-43-25-24-42-23-22-41-21-20-40-19-18-39-17-16-38-15-14-37-13-12-36-11-10-35-9-8-34-7-6-33-5-4-27(30)31/h4-26H2,1-3H3,(H,30,31). The van der Waals surface area contributed by atoms with Gasteiger partial charge in [0.2, 0.25) is 0 Å². The lowest BCUT2D eigenvalue weighted by atomic mass is 10.2. The highest BCUT2D eigenvalue weighted by Gasteiger charge is 2.15. The maximum atomic E-state index is 11.5. The molecule has 0 bridgehead atoms. The molecule has 0 aliphatic heterocycles. The number of esters is 1. The van der Waals surface area contributed by atoms with Gasteiger partial charge < -0.3 is 61.9 Å². The first-order chi connectivity index (χ1) is 21.3. The molecule has 0 saturated carbocycles. The molecule has 0 radical (unpaired) electrons. The van der Waals surface area contributed by atoms with Gasteiger partial charge in [-0.1, -0.05) is 0 Å². The SMILES string of the molecule is CC(C)(C)OC(=O)COCCOCCOCCOCCOCCOCCOCCOCCOCCOCCOCCC(=O)O. The first-order valence-corrected chi connectivity index (χ1v) is 15.1. The van der Waals surface area contributed by atoms with Crippen molar-refractivity contribution in [1.29, 1.82) is 0 Å². The summed E-state index contributed by atoms with van der Waals surface area (Å²) >= 11 is 0. The van der Waals surface area contributed by atoms with Gasteiger partial charge in [-0.3, -0.25) is 4.79 Å². The van der Waals surface area contributed by atoms with Crippen molar-refractivity contribution in [3.8, 4) is 0 Å². The summed E-state index contributed by atoms with van der Waals surface area (Å²) in [6.45, 7) is 14.5. The summed E-state index contributed by atoms with van der Waals surface area (Å²) in [5.41, 5.74) is -0.515. The number of carboxylic acids is 1. The molecule has 0 spiro atoms. The molecule has 0 aliphatic rings. The molecule has 0 aromatic rings. The summed E-state index contributed by atoms with van der Waals surface area (Å²) in [5.74, 6) is -1.27. The second-order valence-corrected chi connectivity index (χ2v) is 9.91. The predicted octanol–water partition coefficient (Wildman–Crippen LogP) is 0.985. The Morgan fingerprint density at radius 3 is 0.864 bits per heavy atom. The summed E-state index contributed by atoms with van der Waals surface area (Å²) in [7, 11) is 0. The van der Waals surface area contributed by atoms with Crippen LogP contribution in [-0.4, -0.2) is 168 Å². The number of hydrogen-bond acceptors (Lipinski definition) is 14. The highest BCUT2D eigenvalue weighted by molar-refractivity contribution is 5.71. The van der Waals surface area contributed by atoms with E-state index in [1.807, 2.05) is 20.8 Å². The van der Waals surface area contributed by atoms with Crippen molar-refractivity contribution in [3.63, 3.8) is 0 Å². The summed E-state index contributed by atoms with van der Waals surface area (Å²) < 4.78 is 64.1. The molecule has 0 atom stereocenters. The lowest BCUT2D eigenvalue weighted by molar-refractivity contribution is -0.160. The van der Waals surface area contributed by atoms with Crippen LogP contribution in [0.4, 0.5) is 0 Å². The normalized spacial score (nSPS) is 11.7. The lowest BCUT2D eigenvalue weighted by Crippen LogP contribution is -2.27. The molecule has 0 unspecified atom stereocenters. The molecule has 0 aliphatic carbocycles. The Balaban J connectivity index is 3.10. The highest BCUT2D eigenvalue weighted by Crippen LogP contribution is 2.06. The number of hydrogen-bond donors (Lipinski definition) is 1. The zero-order valence-electron chi connectivity index (χ0n) is 26.9. The van der Waals surface area contributed by atoms with Gasteiger partial charge >= 0.3 is 11.9 Å². The van der Waals surface area contributed by atoms with Crippen LogP contribution in [0.5, 0.6) is 0 Å². The summed E-state index contributed by atoms with van der Waals surface area (Å²) in [5, 5.41) is 8.48. The van der Waals surface area contributed by atoms with E-state index in [4.69, 9.17) is 61.9 Å². The van der Waals surface area contributed by atoms with Gasteiger partial charge in [0.25, 0.3) is 0 Å². The van der Waals surface area contributed by atoms with Crippen LogP contribution in [0.2, 0.25) is 0 Å². The zero-order valence-corrected chi connectivity index (χ0v) is 26.9. The summed E-state index contributed by atoms with van der Waals surface area (Å²) in [6, 6.07) is 0. The highest BCUT2D eigenvalue weighted by atomic mass is 16.6. The number of carbonyl (C=O) groups is 2. The van der Waals surface area contributed by atoms with Crippen LogP contribution in [0.25, 0.3) is 0 Å². The Bertz CT molecular complexity index is 630. The fraction of sp³-hybridized carbons (Fsp3) is 0.931.